The Kier molecular flexibility index (Phi) is 3.31. The number of hydrogen-bond acceptors (Lipinski definition) is 3. The number of fused-ring (bicyclic) bond motifs is 1. The molecule has 0 bridgehead atoms. The Balaban J connectivity index is 1.78. The van der Waals surface area contributed by atoms with Gasteiger partial charge >= 0.3 is 0 Å². The first-order valence-corrected chi connectivity index (χ1v) is 7.40. The molecule has 0 saturated heterocycles. The zero-order chi connectivity index (χ0) is 15.6. The number of oxazole rings is 1. The summed E-state index contributed by atoms with van der Waals surface area (Å²) in [5.74, 6) is 1.65. The molecule has 0 radical (unpaired) electrons. The quantitative estimate of drug-likeness (QED) is 0.523. The molecule has 0 aliphatic rings. The highest BCUT2D eigenvalue weighted by Gasteiger charge is 2.05. The minimum Gasteiger partial charge on any atom is -0.497 e. The maximum Gasteiger partial charge on any atom is 0.181 e. The van der Waals surface area contributed by atoms with Crippen LogP contribution in [-0.2, 0) is 0 Å². The number of hydrogen-bond donors (Lipinski definition) is 0. The number of methoxy groups -OCH3 is 1. The highest BCUT2D eigenvalue weighted by molar-refractivity contribution is 5.88. The van der Waals surface area contributed by atoms with Crippen LogP contribution in [0.25, 0.3) is 33.2 Å². The first-order valence-electron chi connectivity index (χ1n) is 7.40. The molecule has 3 nitrogen and oxygen atoms in total. The third kappa shape index (κ3) is 2.57. The lowest BCUT2D eigenvalue weighted by atomic mass is 9.99. The highest BCUT2D eigenvalue weighted by atomic mass is 16.5. The molecule has 0 fully saturated rings. The van der Waals surface area contributed by atoms with Crippen LogP contribution in [0.5, 0.6) is 5.75 Å². The monoisotopic (exact) mass is 301 g/mol. The van der Waals surface area contributed by atoms with E-state index in [4.69, 9.17) is 9.15 Å². The Morgan fingerprint density at radius 2 is 1.61 bits per heavy atom. The lowest BCUT2D eigenvalue weighted by Gasteiger charge is -2.07. The zero-order valence-corrected chi connectivity index (χ0v) is 12.7. The summed E-state index contributed by atoms with van der Waals surface area (Å²) in [6.45, 7) is 0. The predicted molar refractivity (Wildman–Crippen MR) is 91.4 cm³/mol. The highest BCUT2D eigenvalue weighted by Crippen LogP contribution is 2.29. The van der Waals surface area contributed by atoms with Gasteiger partial charge in [0, 0.05) is 5.56 Å². The van der Waals surface area contributed by atoms with Gasteiger partial charge in [-0.1, -0.05) is 36.4 Å². The molecule has 0 N–H and O–H groups in total. The van der Waals surface area contributed by atoms with E-state index in [1.54, 1.807) is 13.3 Å². The summed E-state index contributed by atoms with van der Waals surface area (Å²) < 4.78 is 10.7. The summed E-state index contributed by atoms with van der Waals surface area (Å²) in [5, 5.41) is 2.35. The molecule has 112 valence electrons. The number of ether oxygens (including phenoxy) is 1. The Morgan fingerprint density at radius 1 is 0.826 bits per heavy atom. The fourth-order valence-corrected chi connectivity index (χ4v) is 2.74. The van der Waals surface area contributed by atoms with Crippen LogP contribution in [0.3, 0.4) is 0 Å². The Hall–Kier alpha value is -3.07. The summed E-state index contributed by atoms with van der Waals surface area (Å²) in [6.07, 6.45) is 3.18. The summed E-state index contributed by atoms with van der Waals surface area (Å²) in [7, 11) is 1.69. The van der Waals surface area contributed by atoms with Crippen molar-refractivity contribution in [3.05, 3.63) is 73.3 Å². The van der Waals surface area contributed by atoms with Gasteiger partial charge in [-0.2, -0.15) is 0 Å². The molecule has 0 amide bonds. The maximum atomic E-state index is 5.38. The first-order chi connectivity index (χ1) is 11.3. The van der Waals surface area contributed by atoms with Crippen molar-refractivity contribution < 1.29 is 9.15 Å². The van der Waals surface area contributed by atoms with Crippen molar-refractivity contribution in [3.63, 3.8) is 0 Å². The van der Waals surface area contributed by atoms with Crippen molar-refractivity contribution in [2.75, 3.05) is 7.11 Å². The van der Waals surface area contributed by atoms with Crippen molar-refractivity contribution >= 4 is 10.8 Å². The van der Waals surface area contributed by atoms with Gasteiger partial charge in [0.05, 0.1) is 13.3 Å². The second-order valence-corrected chi connectivity index (χ2v) is 5.37. The molecule has 0 unspecified atom stereocenters. The summed E-state index contributed by atoms with van der Waals surface area (Å²) in [5.41, 5.74) is 3.34. The fourth-order valence-electron chi connectivity index (χ4n) is 2.74. The van der Waals surface area contributed by atoms with E-state index < -0.39 is 0 Å². The Bertz CT molecular complexity index is 958. The van der Waals surface area contributed by atoms with E-state index in [9.17, 15) is 0 Å². The van der Waals surface area contributed by atoms with E-state index in [0.29, 0.717) is 0 Å². The lowest BCUT2D eigenvalue weighted by Crippen LogP contribution is -1.84. The molecule has 0 saturated carbocycles. The van der Waals surface area contributed by atoms with E-state index in [0.717, 1.165) is 22.6 Å². The zero-order valence-electron chi connectivity index (χ0n) is 12.7. The van der Waals surface area contributed by atoms with Gasteiger partial charge in [-0.3, -0.25) is 0 Å². The molecule has 3 aromatic carbocycles. The van der Waals surface area contributed by atoms with E-state index in [1.165, 1.54) is 22.7 Å². The molecule has 0 spiro atoms. The number of rotatable bonds is 3. The third-order valence-corrected chi connectivity index (χ3v) is 3.96. The molecule has 3 heteroatoms. The molecule has 23 heavy (non-hydrogen) atoms. The van der Waals surface area contributed by atoms with E-state index in [2.05, 4.69) is 41.4 Å². The van der Waals surface area contributed by atoms with Crippen molar-refractivity contribution in [2.24, 2.45) is 0 Å². The van der Waals surface area contributed by atoms with Gasteiger partial charge in [0.1, 0.15) is 5.75 Å². The van der Waals surface area contributed by atoms with Crippen LogP contribution in [0, 0.1) is 0 Å². The molecular weight excluding hydrogens is 286 g/mol. The second kappa shape index (κ2) is 5.61. The van der Waals surface area contributed by atoms with Crippen LogP contribution in [0.2, 0.25) is 0 Å². The van der Waals surface area contributed by atoms with Crippen molar-refractivity contribution in [2.45, 2.75) is 0 Å². The SMILES string of the molecule is COc1ccc2cc(-c3cccc(-c4cnco4)c3)ccc2c1. The van der Waals surface area contributed by atoms with Crippen LogP contribution in [0.4, 0.5) is 0 Å². The normalized spacial score (nSPS) is 10.8. The van der Waals surface area contributed by atoms with Gasteiger partial charge in [-0.25, -0.2) is 4.98 Å². The number of nitrogens with zero attached hydrogens (tertiary/aromatic N) is 1. The van der Waals surface area contributed by atoms with Crippen LogP contribution in [0.1, 0.15) is 0 Å². The first kappa shape index (κ1) is 13.6. The molecule has 1 heterocycles. The Morgan fingerprint density at radius 3 is 2.43 bits per heavy atom. The fraction of sp³-hybridized carbons (Fsp3) is 0.0500. The number of aromatic nitrogens is 1. The smallest absolute Gasteiger partial charge is 0.181 e. The van der Waals surface area contributed by atoms with Crippen LogP contribution in [-0.4, -0.2) is 12.1 Å². The molecule has 0 atom stereocenters. The Labute approximate surface area is 134 Å². The minimum absolute atomic E-state index is 0.775. The molecule has 1 aromatic heterocycles. The van der Waals surface area contributed by atoms with Crippen LogP contribution < -0.4 is 4.74 Å². The summed E-state index contributed by atoms with van der Waals surface area (Å²) in [4.78, 5) is 3.98. The van der Waals surface area contributed by atoms with Gasteiger partial charge in [0.15, 0.2) is 12.2 Å². The van der Waals surface area contributed by atoms with Gasteiger partial charge in [-0.05, 0) is 46.2 Å². The molecule has 0 aliphatic carbocycles. The largest absolute Gasteiger partial charge is 0.497 e. The van der Waals surface area contributed by atoms with Gasteiger partial charge < -0.3 is 9.15 Å². The average Bonchev–Trinajstić information content (AvgIpc) is 3.15. The van der Waals surface area contributed by atoms with Gasteiger partial charge in [-0.15, -0.1) is 0 Å². The maximum absolute atomic E-state index is 5.38. The van der Waals surface area contributed by atoms with Gasteiger partial charge in [0.25, 0.3) is 0 Å². The molecule has 4 rings (SSSR count). The minimum atomic E-state index is 0.775. The summed E-state index contributed by atoms with van der Waals surface area (Å²) >= 11 is 0. The lowest BCUT2D eigenvalue weighted by molar-refractivity contribution is 0.415. The van der Waals surface area contributed by atoms with Crippen LogP contribution >= 0.6 is 0 Å². The molecule has 0 aliphatic heterocycles. The molecular formula is C20H15NO2. The summed E-state index contributed by atoms with van der Waals surface area (Å²) in [6, 6.07) is 20.8. The van der Waals surface area contributed by atoms with Crippen molar-refractivity contribution in [3.8, 4) is 28.2 Å². The topological polar surface area (TPSA) is 35.3 Å². The van der Waals surface area contributed by atoms with E-state index in [-0.39, 0.29) is 0 Å². The average molecular weight is 301 g/mol. The number of benzene rings is 3. The standard InChI is InChI=1S/C20H15NO2/c1-22-19-8-7-16-9-15(5-6-17(16)11-19)14-3-2-4-18(10-14)20-12-21-13-23-20/h2-13H,1H3. The van der Waals surface area contributed by atoms with Gasteiger partial charge in [0.2, 0.25) is 0 Å². The van der Waals surface area contributed by atoms with E-state index >= 15 is 0 Å². The van der Waals surface area contributed by atoms with Crippen molar-refractivity contribution in [1.82, 2.24) is 4.98 Å². The third-order valence-electron chi connectivity index (χ3n) is 3.96. The molecule has 4 aromatic rings. The predicted octanol–water partition coefficient (Wildman–Crippen LogP) is 5.17. The van der Waals surface area contributed by atoms with E-state index in [1.807, 2.05) is 24.3 Å². The van der Waals surface area contributed by atoms with Crippen LogP contribution in [0.15, 0.2) is 77.7 Å². The van der Waals surface area contributed by atoms with Crippen molar-refractivity contribution in [1.29, 1.82) is 0 Å². The second-order valence-electron chi connectivity index (χ2n) is 5.37.